The van der Waals surface area contributed by atoms with E-state index in [1.807, 2.05) is 32.0 Å². The minimum absolute atomic E-state index is 0.0710. The van der Waals surface area contributed by atoms with Crippen molar-refractivity contribution in [1.82, 2.24) is 0 Å². The van der Waals surface area contributed by atoms with Gasteiger partial charge in [0.1, 0.15) is 5.58 Å². The van der Waals surface area contributed by atoms with Crippen LogP contribution in [0.5, 0.6) is 0 Å². The summed E-state index contributed by atoms with van der Waals surface area (Å²) in [5.74, 6) is -0.816. The number of benzene rings is 1. The fourth-order valence-corrected chi connectivity index (χ4v) is 2.46. The molecule has 2 rings (SSSR count). The highest BCUT2D eigenvalue weighted by atomic mass is 16.4. The van der Waals surface area contributed by atoms with Crippen molar-refractivity contribution in [2.75, 3.05) is 0 Å². The molecule has 3 nitrogen and oxygen atoms in total. The second kappa shape index (κ2) is 4.41. The molecule has 2 aromatic rings. The number of hydrogen-bond donors (Lipinski definition) is 1. The number of hydrogen-bond acceptors (Lipinski definition) is 2. The minimum atomic E-state index is -1.00. The van der Waals surface area contributed by atoms with Crippen molar-refractivity contribution >= 4 is 16.9 Å². The number of carboxylic acids is 1. The van der Waals surface area contributed by atoms with Gasteiger partial charge in [-0.1, -0.05) is 52.8 Å². The molecule has 1 heterocycles. The first-order chi connectivity index (χ1) is 8.73. The Morgan fingerprint density at radius 3 is 2.37 bits per heavy atom. The highest BCUT2D eigenvalue weighted by Gasteiger charge is 2.26. The van der Waals surface area contributed by atoms with Gasteiger partial charge in [0, 0.05) is 16.5 Å². The van der Waals surface area contributed by atoms with Crippen LogP contribution in [-0.4, -0.2) is 11.1 Å². The van der Waals surface area contributed by atoms with Crippen LogP contribution in [0.25, 0.3) is 11.0 Å². The lowest BCUT2D eigenvalue weighted by Crippen LogP contribution is -2.11. The lowest BCUT2D eigenvalue weighted by atomic mass is 9.85. The Labute approximate surface area is 113 Å². The van der Waals surface area contributed by atoms with E-state index >= 15 is 0 Å². The molecule has 19 heavy (non-hydrogen) atoms. The Hall–Kier alpha value is -1.77. The third-order valence-electron chi connectivity index (χ3n) is 3.33. The van der Waals surface area contributed by atoms with E-state index in [9.17, 15) is 9.90 Å². The topological polar surface area (TPSA) is 50.4 Å². The maximum absolute atomic E-state index is 11.4. The normalized spacial score (nSPS) is 12.3. The molecule has 0 unspecified atom stereocenters. The molecule has 0 fully saturated rings. The van der Waals surface area contributed by atoms with Crippen LogP contribution in [0.1, 0.15) is 62.2 Å². The zero-order valence-corrected chi connectivity index (χ0v) is 12.1. The zero-order valence-electron chi connectivity index (χ0n) is 12.1. The highest BCUT2D eigenvalue weighted by molar-refractivity contribution is 5.96. The predicted octanol–water partition coefficient (Wildman–Crippen LogP) is 4.55. The number of para-hydroxylation sites is 1. The summed E-state index contributed by atoms with van der Waals surface area (Å²) in [5, 5.41) is 10.2. The van der Waals surface area contributed by atoms with Crippen LogP contribution in [-0.2, 0) is 5.41 Å². The van der Waals surface area contributed by atoms with E-state index in [4.69, 9.17) is 4.42 Å². The van der Waals surface area contributed by atoms with E-state index in [1.165, 1.54) is 0 Å². The minimum Gasteiger partial charge on any atom is -0.475 e. The van der Waals surface area contributed by atoms with Crippen molar-refractivity contribution in [2.45, 2.75) is 46.0 Å². The summed E-state index contributed by atoms with van der Waals surface area (Å²) in [4.78, 5) is 11.4. The molecule has 0 aliphatic carbocycles. The number of carbonyl (C=O) groups is 1. The van der Waals surface area contributed by atoms with Gasteiger partial charge in [0.05, 0.1) is 0 Å². The molecule has 0 saturated carbocycles. The van der Waals surface area contributed by atoms with E-state index in [0.717, 1.165) is 16.5 Å². The van der Waals surface area contributed by atoms with Gasteiger partial charge in [-0.05, 0) is 11.3 Å². The summed E-state index contributed by atoms with van der Waals surface area (Å²) in [7, 11) is 0. The maximum atomic E-state index is 11.4. The highest BCUT2D eigenvalue weighted by Crippen LogP contribution is 2.37. The van der Waals surface area contributed by atoms with Crippen molar-refractivity contribution < 1.29 is 14.3 Å². The van der Waals surface area contributed by atoms with Crippen molar-refractivity contribution in [3.63, 3.8) is 0 Å². The van der Waals surface area contributed by atoms with Gasteiger partial charge >= 0.3 is 5.97 Å². The third kappa shape index (κ3) is 2.25. The standard InChI is InChI=1S/C16H20O3/c1-9(2)12-10-7-6-8-11(16(3,4)5)13(10)19-14(12)15(17)18/h6-9H,1-5H3,(H,17,18). The molecule has 0 bridgehead atoms. The lowest BCUT2D eigenvalue weighted by Gasteiger charge is -2.19. The van der Waals surface area contributed by atoms with E-state index < -0.39 is 5.97 Å². The smallest absolute Gasteiger partial charge is 0.372 e. The molecule has 1 N–H and O–H groups in total. The van der Waals surface area contributed by atoms with Crippen LogP contribution in [0.3, 0.4) is 0 Å². The second-order valence-corrected chi connectivity index (χ2v) is 6.24. The molecule has 1 aromatic heterocycles. The molecule has 0 aliphatic heterocycles. The van der Waals surface area contributed by atoms with Crippen LogP contribution < -0.4 is 0 Å². The van der Waals surface area contributed by atoms with E-state index in [1.54, 1.807) is 0 Å². The molecule has 0 aliphatic rings. The summed E-state index contributed by atoms with van der Waals surface area (Å²) in [5.41, 5.74) is 2.45. The molecule has 0 saturated heterocycles. The van der Waals surface area contributed by atoms with Gasteiger partial charge in [0.15, 0.2) is 0 Å². The number of fused-ring (bicyclic) bond motifs is 1. The summed E-state index contributed by atoms with van der Waals surface area (Å²) in [6.07, 6.45) is 0. The number of carboxylic acid groups (broad SMARTS) is 1. The SMILES string of the molecule is CC(C)c1c(C(=O)O)oc2c(C(C)(C)C)cccc12. The largest absolute Gasteiger partial charge is 0.475 e. The van der Waals surface area contributed by atoms with Crippen molar-refractivity contribution in [3.05, 3.63) is 35.1 Å². The Bertz CT molecular complexity index is 627. The molecular weight excluding hydrogens is 240 g/mol. The summed E-state index contributed by atoms with van der Waals surface area (Å²) >= 11 is 0. The zero-order chi connectivity index (χ0) is 14.4. The van der Waals surface area contributed by atoms with Gasteiger partial charge in [-0.2, -0.15) is 0 Å². The Balaban J connectivity index is 2.87. The summed E-state index contributed by atoms with van der Waals surface area (Å²) < 4.78 is 5.68. The molecule has 0 atom stereocenters. The maximum Gasteiger partial charge on any atom is 0.372 e. The van der Waals surface area contributed by atoms with Crippen LogP contribution >= 0.6 is 0 Å². The molecular formula is C16H20O3. The van der Waals surface area contributed by atoms with Crippen molar-refractivity contribution in [3.8, 4) is 0 Å². The number of rotatable bonds is 2. The van der Waals surface area contributed by atoms with Gasteiger partial charge in [0.2, 0.25) is 5.76 Å². The van der Waals surface area contributed by atoms with Gasteiger partial charge in [-0.15, -0.1) is 0 Å². The number of furan rings is 1. The van der Waals surface area contributed by atoms with Gasteiger partial charge in [-0.3, -0.25) is 0 Å². The quantitative estimate of drug-likeness (QED) is 0.861. The van der Waals surface area contributed by atoms with Gasteiger partial charge in [0.25, 0.3) is 0 Å². The monoisotopic (exact) mass is 260 g/mol. The molecule has 3 heteroatoms. The molecule has 0 radical (unpaired) electrons. The third-order valence-corrected chi connectivity index (χ3v) is 3.33. The van der Waals surface area contributed by atoms with Crippen molar-refractivity contribution in [2.24, 2.45) is 0 Å². The van der Waals surface area contributed by atoms with Crippen LogP contribution in [0.4, 0.5) is 0 Å². The van der Waals surface area contributed by atoms with E-state index in [-0.39, 0.29) is 17.1 Å². The Kier molecular flexibility index (Phi) is 3.17. The molecule has 0 spiro atoms. The first-order valence-corrected chi connectivity index (χ1v) is 6.52. The van der Waals surface area contributed by atoms with Gasteiger partial charge in [-0.25, -0.2) is 4.79 Å². The summed E-state index contributed by atoms with van der Waals surface area (Å²) in [6, 6.07) is 5.91. The summed E-state index contributed by atoms with van der Waals surface area (Å²) in [6.45, 7) is 10.3. The fourth-order valence-electron chi connectivity index (χ4n) is 2.46. The first kappa shape index (κ1) is 13.7. The molecule has 102 valence electrons. The molecule has 1 aromatic carbocycles. The fraction of sp³-hybridized carbons (Fsp3) is 0.438. The Morgan fingerprint density at radius 1 is 1.26 bits per heavy atom. The van der Waals surface area contributed by atoms with Crippen molar-refractivity contribution in [1.29, 1.82) is 0 Å². The average Bonchev–Trinajstić information content (AvgIpc) is 2.66. The lowest BCUT2D eigenvalue weighted by molar-refractivity contribution is 0.0662. The predicted molar refractivity (Wildman–Crippen MR) is 76.0 cm³/mol. The second-order valence-electron chi connectivity index (χ2n) is 6.24. The van der Waals surface area contributed by atoms with Crippen LogP contribution in [0.2, 0.25) is 0 Å². The van der Waals surface area contributed by atoms with Crippen LogP contribution in [0, 0.1) is 0 Å². The Morgan fingerprint density at radius 2 is 1.89 bits per heavy atom. The first-order valence-electron chi connectivity index (χ1n) is 6.52. The van der Waals surface area contributed by atoms with Gasteiger partial charge < -0.3 is 9.52 Å². The van der Waals surface area contributed by atoms with Crippen LogP contribution in [0.15, 0.2) is 22.6 Å². The number of aromatic carboxylic acids is 1. The van der Waals surface area contributed by atoms with E-state index in [2.05, 4.69) is 20.8 Å². The van der Waals surface area contributed by atoms with E-state index in [0.29, 0.717) is 5.58 Å². The average molecular weight is 260 g/mol. The molecule has 0 amide bonds.